The molecule has 3 heterocycles. The predicted octanol–water partition coefficient (Wildman–Crippen LogP) is 3.11. The van der Waals surface area contributed by atoms with E-state index in [-0.39, 0.29) is 10.8 Å². The minimum Gasteiger partial charge on any atom is -0.379 e. The number of fused-ring (bicyclic) bond motifs is 1. The summed E-state index contributed by atoms with van der Waals surface area (Å²) in [6.07, 6.45) is 3.82. The van der Waals surface area contributed by atoms with Crippen molar-refractivity contribution < 1.29 is 17.9 Å². The van der Waals surface area contributed by atoms with Crippen LogP contribution in [-0.2, 0) is 14.8 Å². The number of nitrogens with one attached hydrogen (secondary N) is 1. The molecular weight excluding hydrogens is 440 g/mol. The number of carbonyl (C=O) groups excluding carboxylic acids is 1. The van der Waals surface area contributed by atoms with Gasteiger partial charge in [-0.05, 0) is 49.2 Å². The number of sulfonamides is 1. The number of anilines is 2. The maximum Gasteiger partial charge on any atom is 0.256 e. The molecule has 9 heteroatoms. The van der Waals surface area contributed by atoms with Crippen molar-refractivity contribution in [2.24, 2.45) is 0 Å². The van der Waals surface area contributed by atoms with E-state index in [1.54, 1.807) is 42.6 Å². The Morgan fingerprint density at radius 1 is 0.970 bits per heavy atom. The first kappa shape index (κ1) is 21.8. The average Bonchev–Trinajstić information content (AvgIpc) is 3.39. The van der Waals surface area contributed by atoms with Gasteiger partial charge in [-0.1, -0.05) is 12.1 Å². The maximum absolute atomic E-state index is 13.3. The molecule has 33 heavy (non-hydrogen) atoms. The lowest BCUT2D eigenvalue weighted by Crippen LogP contribution is -2.40. The van der Waals surface area contributed by atoms with E-state index in [9.17, 15) is 13.2 Å². The number of benzene rings is 2. The zero-order valence-corrected chi connectivity index (χ0v) is 19.1. The highest BCUT2D eigenvalue weighted by atomic mass is 32.2. The van der Waals surface area contributed by atoms with E-state index < -0.39 is 10.0 Å². The third-order valence-electron chi connectivity index (χ3n) is 6.16. The minimum atomic E-state index is -3.69. The molecule has 1 amide bonds. The Balaban J connectivity index is 1.52. The number of hydrogen-bond acceptors (Lipinski definition) is 6. The van der Waals surface area contributed by atoms with Crippen molar-refractivity contribution in [1.29, 1.82) is 0 Å². The lowest BCUT2D eigenvalue weighted by molar-refractivity contribution is 0.0730. The van der Waals surface area contributed by atoms with Crippen LogP contribution in [0.2, 0.25) is 0 Å². The molecule has 1 N–H and O–H groups in total. The average molecular weight is 467 g/mol. The highest BCUT2D eigenvalue weighted by Crippen LogP contribution is 2.33. The number of morpholine rings is 1. The molecule has 3 aromatic rings. The summed E-state index contributed by atoms with van der Waals surface area (Å²) in [5.74, 6) is -0.296. The number of nitrogens with zero attached hydrogens (tertiary/aromatic N) is 3. The van der Waals surface area contributed by atoms with Gasteiger partial charge in [0.25, 0.3) is 5.91 Å². The van der Waals surface area contributed by atoms with Crippen molar-refractivity contribution in [3.8, 4) is 0 Å². The first-order chi connectivity index (χ1) is 16.0. The number of rotatable bonds is 5. The number of aromatic nitrogens is 1. The second-order valence-corrected chi connectivity index (χ2v) is 10.2. The smallest absolute Gasteiger partial charge is 0.256 e. The quantitative estimate of drug-likeness (QED) is 0.621. The molecule has 0 aliphatic carbocycles. The van der Waals surface area contributed by atoms with E-state index >= 15 is 0 Å². The van der Waals surface area contributed by atoms with Crippen LogP contribution >= 0.6 is 0 Å². The molecule has 0 atom stereocenters. The molecule has 2 fully saturated rings. The molecule has 1 aromatic heterocycles. The Bertz CT molecular complexity index is 1280. The van der Waals surface area contributed by atoms with Gasteiger partial charge in [0.05, 0.1) is 35.0 Å². The Labute approximate surface area is 193 Å². The van der Waals surface area contributed by atoms with E-state index in [4.69, 9.17) is 4.74 Å². The van der Waals surface area contributed by atoms with Gasteiger partial charge < -0.3 is 15.0 Å². The van der Waals surface area contributed by atoms with Gasteiger partial charge in [0.1, 0.15) is 0 Å². The van der Waals surface area contributed by atoms with Gasteiger partial charge in [-0.15, -0.1) is 0 Å². The summed E-state index contributed by atoms with van der Waals surface area (Å²) < 4.78 is 33.2. The van der Waals surface area contributed by atoms with Crippen LogP contribution in [0.25, 0.3) is 10.9 Å². The van der Waals surface area contributed by atoms with Gasteiger partial charge >= 0.3 is 0 Å². The topological polar surface area (TPSA) is 91.8 Å². The second-order valence-electron chi connectivity index (χ2n) is 8.22. The van der Waals surface area contributed by atoms with Crippen molar-refractivity contribution in [1.82, 2.24) is 9.29 Å². The zero-order valence-electron chi connectivity index (χ0n) is 18.2. The molecule has 2 saturated heterocycles. The van der Waals surface area contributed by atoms with E-state index in [2.05, 4.69) is 15.2 Å². The summed E-state index contributed by atoms with van der Waals surface area (Å²) in [5.41, 5.74) is 2.56. The number of amides is 1. The predicted molar refractivity (Wildman–Crippen MR) is 127 cm³/mol. The summed E-state index contributed by atoms with van der Waals surface area (Å²) in [5, 5.41) is 3.74. The number of carbonyl (C=O) groups is 1. The normalized spacial score (nSPS) is 17.4. The van der Waals surface area contributed by atoms with Gasteiger partial charge in [0.15, 0.2) is 0 Å². The molecule has 2 aliphatic rings. The monoisotopic (exact) mass is 466 g/mol. The number of hydrogen-bond donors (Lipinski definition) is 1. The molecule has 2 aromatic carbocycles. The van der Waals surface area contributed by atoms with Crippen LogP contribution < -0.4 is 10.2 Å². The lowest BCUT2D eigenvalue weighted by atomic mass is 10.1. The molecule has 8 nitrogen and oxygen atoms in total. The van der Waals surface area contributed by atoms with Gasteiger partial charge in [0.2, 0.25) is 10.0 Å². The van der Waals surface area contributed by atoms with Crippen LogP contribution in [0, 0.1) is 0 Å². The molecule has 0 bridgehead atoms. The van der Waals surface area contributed by atoms with Gasteiger partial charge in [0, 0.05) is 43.3 Å². The van der Waals surface area contributed by atoms with E-state index in [0.717, 1.165) is 42.5 Å². The second kappa shape index (κ2) is 9.09. The first-order valence-corrected chi connectivity index (χ1v) is 12.6. The van der Waals surface area contributed by atoms with Crippen molar-refractivity contribution in [3.05, 3.63) is 60.3 Å². The van der Waals surface area contributed by atoms with Gasteiger partial charge in [-0.3, -0.25) is 9.78 Å². The zero-order chi connectivity index (χ0) is 22.8. The largest absolute Gasteiger partial charge is 0.379 e. The fourth-order valence-corrected chi connectivity index (χ4v) is 5.87. The van der Waals surface area contributed by atoms with Crippen LogP contribution in [0.1, 0.15) is 23.2 Å². The summed E-state index contributed by atoms with van der Waals surface area (Å²) in [4.78, 5) is 20.0. The number of ether oxygens (including phenoxy) is 1. The molecule has 172 valence electrons. The third-order valence-corrected chi connectivity index (χ3v) is 8.06. The summed E-state index contributed by atoms with van der Waals surface area (Å²) in [6, 6.07) is 14.1. The highest BCUT2D eigenvalue weighted by Gasteiger charge is 2.28. The van der Waals surface area contributed by atoms with Crippen LogP contribution in [0.4, 0.5) is 11.4 Å². The Hall–Kier alpha value is -3.01. The molecule has 0 spiro atoms. The fraction of sp³-hybridized carbons (Fsp3) is 0.333. The standard InChI is InChI=1S/C24H26N4O4S/c29-24(20-5-3-7-21-19(20)6-4-10-25-21)26-22-17-18(8-9-23(22)27-11-1-2-12-27)33(30,31)28-13-15-32-16-14-28/h3-10,17H,1-2,11-16H2,(H,26,29). The van der Waals surface area contributed by atoms with Crippen LogP contribution in [0.5, 0.6) is 0 Å². The van der Waals surface area contributed by atoms with Crippen molar-refractivity contribution in [3.63, 3.8) is 0 Å². The fourth-order valence-electron chi connectivity index (χ4n) is 4.44. The SMILES string of the molecule is O=C(Nc1cc(S(=O)(=O)N2CCOCC2)ccc1N1CCCC1)c1cccc2ncccc12. The molecule has 5 rings (SSSR count). The summed E-state index contributed by atoms with van der Waals surface area (Å²) in [7, 11) is -3.69. The minimum absolute atomic E-state index is 0.169. The molecule has 0 saturated carbocycles. The number of pyridine rings is 1. The van der Waals surface area contributed by atoms with Gasteiger partial charge in [-0.2, -0.15) is 4.31 Å². The van der Waals surface area contributed by atoms with Crippen molar-refractivity contribution in [2.75, 3.05) is 49.6 Å². The Morgan fingerprint density at radius 3 is 2.55 bits per heavy atom. The van der Waals surface area contributed by atoms with E-state index in [1.165, 1.54) is 4.31 Å². The Morgan fingerprint density at radius 2 is 1.76 bits per heavy atom. The van der Waals surface area contributed by atoms with Gasteiger partial charge in [-0.25, -0.2) is 8.42 Å². The van der Waals surface area contributed by atoms with Crippen molar-refractivity contribution in [2.45, 2.75) is 17.7 Å². The molecule has 0 unspecified atom stereocenters. The molecule has 2 aliphatic heterocycles. The first-order valence-electron chi connectivity index (χ1n) is 11.2. The summed E-state index contributed by atoms with van der Waals surface area (Å²) in [6.45, 7) is 3.14. The van der Waals surface area contributed by atoms with Crippen LogP contribution in [-0.4, -0.2) is 63.0 Å². The molecule has 0 radical (unpaired) electrons. The molecular formula is C24H26N4O4S. The Kier molecular flexibility index (Phi) is 6.01. The van der Waals surface area contributed by atoms with Crippen LogP contribution in [0.3, 0.4) is 0 Å². The van der Waals surface area contributed by atoms with E-state index in [0.29, 0.717) is 37.6 Å². The van der Waals surface area contributed by atoms with Crippen LogP contribution in [0.15, 0.2) is 59.6 Å². The highest BCUT2D eigenvalue weighted by molar-refractivity contribution is 7.89. The maximum atomic E-state index is 13.3. The van der Waals surface area contributed by atoms with E-state index in [1.807, 2.05) is 12.1 Å². The van der Waals surface area contributed by atoms with Crippen molar-refractivity contribution >= 4 is 38.2 Å². The third kappa shape index (κ3) is 4.31. The summed E-state index contributed by atoms with van der Waals surface area (Å²) >= 11 is 0. The lowest BCUT2D eigenvalue weighted by Gasteiger charge is -2.27.